The van der Waals surface area contributed by atoms with Crippen molar-refractivity contribution in [1.29, 1.82) is 0 Å². The maximum Gasteiger partial charge on any atom is 0.290 e. The molecule has 1 amide bonds. The summed E-state index contributed by atoms with van der Waals surface area (Å²) in [5, 5.41) is 0.445. The van der Waals surface area contributed by atoms with Gasteiger partial charge in [0.15, 0.2) is 5.43 Å². The summed E-state index contributed by atoms with van der Waals surface area (Å²) >= 11 is 0. The zero-order valence-electron chi connectivity index (χ0n) is 17.1. The van der Waals surface area contributed by atoms with Crippen molar-refractivity contribution in [2.24, 2.45) is 0 Å². The van der Waals surface area contributed by atoms with Crippen LogP contribution in [-0.4, -0.2) is 50.2 Å². The van der Waals surface area contributed by atoms with Crippen molar-refractivity contribution in [2.45, 2.75) is 12.5 Å². The Morgan fingerprint density at radius 2 is 1.77 bits per heavy atom. The lowest BCUT2D eigenvalue weighted by atomic mass is 9.98. The molecule has 0 spiro atoms. The van der Waals surface area contributed by atoms with E-state index < -0.39 is 6.04 Å². The van der Waals surface area contributed by atoms with Gasteiger partial charge in [0.1, 0.15) is 24.5 Å². The fraction of sp³-hybridized carbons (Fsp3) is 0.333. The number of nitrogens with one attached hydrogen (secondary N) is 1. The predicted molar refractivity (Wildman–Crippen MR) is 113 cm³/mol. The maximum atomic E-state index is 13.6. The molecule has 0 bridgehead atoms. The van der Waals surface area contributed by atoms with Crippen LogP contribution in [0, 0.1) is 5.82 Å². The van der Waals surface area contributed by atoms with E-state index in [1.165, 1.54) is 17.0 Å². The van der Waals surface area contributed by atoms with Crippen molar-refractivity contribution in [3.05, 3.63) is 81.5 Å². The second-order valence-corrected chi connectivity index (χ2v) is 8.09. The van der Waals surface area contributed by atoms with Gasteiger partial charge in [-0.25, -0.2) is 4.39 Å². The Hall–Kier alpha value is -3.03. The molecule has 3 aromatic rings. The largest absolute Gasteiger partial charge is 0.450 e. The van der Waals surface area contributed by atoms with Gasteiger partial charge < -0.3 is 19.0 Å². The first-order valence-corrected chi connectivity index (χ1v) is 10.7. The summed E-state index contributed by atoms with van der Waals surface area (Å²) in [7, 11) is 0. The molecule has 2 aromatic carbocycles. The highest BCUT2D eigenvalue weighted by molar-refractivity contribution is 5.99. The normalized spacial score (nSPS) is 19.2. The number of hydrogen-bond acceptors (Lipinski definition) is 4. The molecular formula is C24H24FN2O4+. The monoisotopic (exact) mass is 423 g/mol. The third kappa shape index (κ3) is 3.64. The number of halogens is 1. The number of para-hydroxylation sites is 1. The second kappa shape index (κ2) is 8.24. The number of nitrogens with zero attached hydrogens (tertiary/aromatic N) is 1. The van der Waals surface area contributed by atoms with Crippen LogP contribution in [0.4, 0.5) is 4.39 Å². The molecule has 3 heterocycles. The molecule has 0 unspecified atom stereocenters. The Kier molecular flexibility index (Phi) is 5.29. The Morgan fingerprint density at radius 3 is 2.55 bits per heavy atom. The van der Waals surface area contributed by atoms with Gasteiger partial charge in [0.25, 0.3) is 5.91 Å². The molecule has 0 aliphatic carbocycles. The maximum absolute atomic E-state index is 13.6. The second-order valence-electron chi connectivity index (χ2n) is 8.09. The van der Waals surface area contributed by atoms with Crippen molar-refractivity contribution in [3.63, 3.8) is 0 Å². The third-order valence-electron chi connectivity index (χ3n) is 6.19. The lowest BCUT2D eigenvalue weighted by Gasteiger charge is -2.27. The number of carbonyl (C=O) groups excluding carboxylic acids is 1. The van der Waals surface area contributed by atoms with Crippen LogP contribution in [0.2, 0.25) is 0 Å². The van der Waals surface area contributed by atoms with Crippen LogP contribution in [0.15, 0.2) is 57.7 Å². The van der Waals surface area contributed by atoms with Gasteiger partial charge in [0, 0.05) is 13.0 Å². The molecular weight excluding hydrogens is 399 g/mol. The molecule has 31 heavy (non-hydrogen) atoms. The van der Waals surface area contributed by atoms with Crippen molar-refractivity contribution >= 4 is 16.9 Å². The number of hydrogen-bond donors (Lipinski definition) is 1. The summed E-state index contributed by atoms with van der Waals surface area (Å²) in [6, 6.07) is 12.4. The highest BCUT2D eigenvalue weighted by Gasteiger charge is 2.42. The highest BCUT2D eigenvalue weighted by Crippen LogP contribution is 2.38. The fourth-order valence-corrected chi connectivity index (χ4v) is 4.60. The number of carbonyl (C=O) groups is 1. The van der Waals surface area contributed by atoms with Crippen LogP contribution in [0.3, 0.4) is 0 Å². The van der Waals surface area contributed by atoms with Crippen molar-refractivity contribution in [1.82, 2.24) is 4.90 Å². The topological polar surface area (TPSA) is 64.2 Å². The summed E-state index contributed by atoms with van der Waals surface area (Å²) in [5.74, 6) is -0.554. The minimum absolute atomic E-state index is 0.0942. The summed E-state index contributed by atoms with van der Waals surface area (Å²) in [5.41, 5.74) is 1.24. The number of benzene rings is 2. The van der Waals surface area contributed by atoms with Gasteiger partial charge in [0.05, 0.1) is 36.8 Å². The van der Waals surface area contributed by atoms with E-state index in [1.54, 1.807) is 41.3 Å². The van der Waals surface area contributed by atoms with E-state index >= 15 is 0 Å². The highest BCUT2D eigenvalue weighted by atomic mass is 19.1. The molecule has 1 aromatic heterocycles. The van der Waals surface area contributed by atoms with Gasteiger partial charge in [-0.05, 0) is 29.8 Å². The zero-order valence-corrected chi connectivity index (χ0v) is 17.1. The lowest BCUT2D eigenvalue weighted by Crippen LogP contribution is -3.14. The standard InChI is InChI=1S/C24H23FN2O4/c25-17-8-6-16(7-9-17)21-20-22(28)18-4-1-2-5-19(18)31-23(20)24(29)27(21)11-3-10-26-12-14-30-15-13-26/h1-2,4-9,21H,3,10-15H2/p+1/t21-/m1/s1. The van der Waals surface area contributed by atoms with Gasteiger partial charge in [-0.2, -0.15) is 0 Å². The molecule has 160 valence electrons. The molecule has 2 aliphatic rings. The molecule has 1 N–H and O–H groups in total. The summed E-state index contributed by atoms with van der Waals surface area (Å²) in [6.45, 7) is 4.84. The van der Waals surface area contributed by atoms with Crippen LogP contribution in [0.5, 0.6) is 0 Å². The van der Waals surface area contributed by atoms with Gasteiger partial charge >= 0.3 is 0 Å². The average Bonchev–Trinajstić information content (AvgIpc) is 3.07. The van der Waals surface area contributed by atoms with Gasteiger partial charge in [-0.3, -0.25) is 9.59 Å². The quantitative estimate of drug-likeness (QED) is 0.680. The van der Waals surface area contributed by atoms with Gasteiger partial charge in [-0.15, -0.1) is 0 Å². The lowest BCUT2D eigenvalue weighted by molar-refractivity contribution is -0.908. The van der Waals surface area contributed by atoms with Crippen molar-refractivity contribution in [2.75, 3.05) is 39.4 Å². The molecule has 5 rings (SSSR count). The Bertz CT molecular complexity index is 1170. The van der Waals surface area contributed by atoms with E-state index in [1.807, 2.05) is 0 Å². The van der Waals surface area contributed by atoms with E-state index in [0.717, 1.165) is 39.3 Å². The SMILES string of the molecule is O=C1c2oc3ccccc3c(=O)c2[C@@H](c2ccc(F)cc2)N1CCC[NH+]1CCOCC1. The van der Waals surface area contributed by atoms with Crippen LogP contribution in [0.25, 0.3) is 11.0 Å². The number of quaternary nitrogens is 1. The van der Waals surface area contributed by atoms with E-state index in [0.29, 0.717) is 28.6 Å². The Labute approximate surface area is 178 Å². The Balaban J connectivity index is 1.52. The molecule has 6 nitrogen and oxygen atoms in total. The molecule has 0 radical (unpaired) electrons. The summed E-state index contributed by atoms with van der Waals surface area (Å²) in [6.07, 6.45) is 0.792. The molecule has 0 saturated carbocycles. The number of morpholine rings is 1. The van der Waals surface area contributed by atoms with Crippen LogP contribution in [0.1, 0.15) is 34.1 Å². The van der Waals surface area contributed by atoms with E-state index in [4.69, 9.17) is 9.15 Å². The third-order valence-corrected chi connectivity index (χ3v) is 6.19. The molecule has 1 saturated heterocycles. The van der Waals surface area contributed by atoms with Crippen molar-refractivity contribution in [3.8, 4) is 0 Å². The molecule has 1 fully saturated rings. The number of ether oxygens (including phenoxy) is 1. The first-order chi connectivity index (χ1) is 15.1. The number of rotatable bonds is 5. The molecule has 7 heteroatoms. The van der Waals surface area contributed by atoms with Crippen LogP contribution in [-0.2, 0) is 4.74 Å². The molecule has 2 aliphatic heterocycles. The number of amides is 1. The van der Waals surface area contributed by atoms with Crippen LogP contribution < -0.4 is 10.3 Å². The van der Waals surface area contributed by atoms with Crippen LogP contribution >= 0.6 is 0 Å². The minimum atomic E-state index is -0.580. The van der Waals surface area contributed by atoms with E-state index in [2.05, 4.69) is 0 Å². The summed E-state index contributed by atoms with van der Waals surface area (Å²) in [4.78, 5) is 29.8. The first kappa shape index (κ1) is 19.9. The zero-order chi connectivity index (χ0) is 21.4. The first-order valence-electron chi connectivity index (χ1n) is 10.7. The van der Waals surface area contributed by atoms with E-state index in [9.17, 15) is 14.0 Å². The average molecular weight is 423 g/mol. The minimum Gasteiger partial charge on any atom is -0.450 e. The number of fused-ring (bicyclic) bond motifs is 2. The Morgan fingerprint density at radius 1 is 1.03 bits per heavy atom. The summed E-state index contributed by atoms with van der Waals surface area (Å²) < 4.78 is 24.9. The fourth-order valence-electron chi connectivity index (χ4n) is 4.60. The molecule has 1 atom stereocenters. The smallest absolute Gasteiger partial charge is 0.290 e. The van der Waals surface area contributed by atoms with Gasteiger partial charge in [-0.1, -0.05) is 24.3 Å². The predicted octanol–water partition coefficient (Wildman–Crippen LogP) is 1.78. The van der Waals surface area contributed by atoms with E-state index in [-0.39, 0.29) is 22.9 Å². The van der Waals surface area contributed by atoms with Gasteiger partial charge in [0.2, 0.25) is 5.76 Å². The van der Waals surface area contributed by atoms with Crippen molar-refractivity contribution < 1.29 is 23.2 Å².